The number of nitrogens with two attached hydrogens (primary N) is 1. The largest absolute Gasteiger partial charge is 0.392 e. The van der Waals surface area contributed by atoms with Gasteiger partial charge in [-0.25, -0.2) is 4.39 Å². The van der Waals surface area contributed by atoms with Crippen molar-refractivity contribution >= 4 is 28.8 Å². The monoisotopic (exact) mass is 260 g/mol. The number of rotatable bonds is 4. The zero-order valence-electron chi connectivity index (χ0n) is 9.21. The van der Waals surface area contributed by atoms with Crippen LogP contribution in [0.25, 0.3) is 0 Å². The Morgan fingerprint density at radius 1 is 1.62 bits per heavy atom. The van der Waals surface area contributed by atoms with Crippen molar-refractivity contribution in [2.24, 2.45) is 5.73 Å². The summed E-state index contributed by atoms with van der Waals surface area (Å²) in [7, 11) is 1.89. The van der Waals surface area contributed by atoms with Crippen molar-refractivity contribution in [2.75, 3.05) is 7.05 Å². The van der Waals surface area contributed by atoms with Gasteiger partial charge in [-0.1, -0.05) is 29.9 Å². The first-order valence-electron chi connectivity index (χ1n) is 4.85. The van der Waals surface area contributed by atoms with Gasteiger partial charge < -0.3 is 5.73 Å². The van der Waals surface area contributed by atoms with Gasteiger partial charge in [-0.05, 0) is 31.7 Å². The van der Waals surface area contributed by atoms with Gasteiger partial charge in [0.1, 0.15) is 5.82 Å². The van der Waals surface area contributed by atoms with Gasteiger partial charge in [0.05, 0.1) is 16.1 Å². The van der Waals surface area contributed by atoms with Gasteiger partial charge in [-0.3, -0.25) is 4.90 Å². The van der Waals surface area contributed by atoms with E-state index in [1.54, 1.807) is 12.1 Å². The predicted molar refractivity (Wildman–Crippen MR) is 69.1 cm³/mol. The minimum Gasteiger partial charge on any atom is -0.392 e. The van der Waals surface area contributed by atoms with Crippen LogP contribution in [0.2, 0.25) is 5.02 Å². The summed E-state index contributed by atoms with van der Waals surface area (Å²) < 4.78 is 13.2. The Morgan fingerprint density at radius 2 is 2.25 bits per heavy atom. The maximum Gasteiger partial charge on any atom is 0.142 e. The molecule has 1 aromatic rings. The zero-order chi connectivity index (χ0) is 12.3. The number of halogens is 2. The van der Waals surface area contributed by atoms with Gasteiger partial charge in [-0.15, -0.1) is 0 Å². The van der Waals surface area contributed by atoms with Crippen molar-refractivity contribution in [3.8, 4) is 0 Å². The Kier molecular flexibility index (Phi) is 4.65. The Hall–Kier alpha value is -0.710. The summed E-state index contributed by atoms with van der Waals surface area (Å²) in [5, 5.41) is 0.133. The minimum atomic E-state index is -0.407. The lowest BCUT2D eigenvalue weighted by atomic mass is 10.2. The molecular weight excluding hydrogens is 247 g/mol. The summed E-state index contributed by atoms with van der Waals surface area (Å²) >= 11 is 10.5. The maximum atomic E-state index is 13.2. The Morgan fingerprint density at radius 3 is 2.75 bits per heavy atom. The average Bonchev–Trinajstić information content (AvgIpc) is 2.22. The normalized spacial score (nSPS) is 12.8. The van der Waals surface area contributed by atoms with Gasteiger partial charge in [0.15, 0.2) is 0 Å². The smallest absolute Gasteiger partial charge is 0.142 e. The quantitative estimate of drug-likeness (QED) is 0.844. The van der Waals surface area contributed by atoms with Gasteiger partial charge >= 0.3 is 0 Å². The molecule has 0 amide bonds. The van der Waals surface area contributed by atoms with Crippen LogP contribution in [-0.2, 0) is 6.54 Å². The van der Waals surface area contributed by atoms with Crippen LogP contribution in [0.5, 0.6) is 0 Å². The van der Waals surface area contributed by atoms with E-state index in [0.717, 1.165) is 5.56 Å². The molecule has 0 bridgehead atoms. The Bertz CT molecular complexity index is 398. The van der Waals surface area contributed by atoms with E-state index < -0.39 is 5.82 Å². The first-order chi connectivity index (χ1) is 7.41. The van der Waals surface area contributed by atoms with Crippen LogP contribution in [0, 0.1) is 5.82 Å². The second-order valence-electron chi connectivity index (χ2n) is 3.74. The molecule has 2 N–H and O–H groups in total. The van der Waals surface area contributed by atoms with Gasteiger partial charge in [-0.2, -0.15) is 0 Å². The predicted octanol–water partition coefficient (Wildman–Crippen LogP) is 2.59. The van der Waals surface area contributed by atoms with E-state index in [1.807, 2.05) is 18.9 Å². The first kappa shape index (κ1) is 13.4. The molecule has 0 spiro atoms. The summed E-state index contributed by atoms with van der Waals surface area (Å²) in [6.07, 6.45) is 0. The number of hydrogen-bond acceptors (Lipinski definition) is 2. The van der Waals surface area contributed by atoms with Crippen molar-refractivity contribution in [2.45, 2.75) is 19.5 Å². The maximum absolute atomic E-state index is 13.2. The SMILES string of the molecule is CC(C(N)=S)N(C)Cc1ccc(Cl)c(F)c1. The lowest BCUT2D eigenvalue weighted by Crippen LogP contribution is -2.38. The molecule has 0 heterocycles. The fraction of sp³-hybridized carbons (Fsp3) is 0.364. The highest BCUT2D eigenvalue weighted by molar-refractivity contribution is 7.80. The van der Waals surface area contributed by atoms with Crippen LogP contribution in [0.1, 0.15) is 12.5 Å². The molecule has 88 valence electrons. The molecule has 0 saturated heterocycles. The van der Waals surface area contributed by atoms with Crippen LogP contribution in [0.15, 0.2) is 18.2 Å². The molecule has 0 aliphatic rings. The molecule has 0 saturated carbocycles. The molecule has 0 radical (unpaired) electrons. The molecule has 0 aliphatic carbocycles. The highest BCUT2D eigenvalue weighted by Gasteiger charge is 2.12. The first-order valence-corrected chi connectivity index (χ1v) is 5.64. The highest BCUT2D eigenvalue weighted by atomic mass is 35.5. The number of likely N-dealkylation sites (N-methyl/N-ethyl adjacent to an activating group) is 1. The molecule has 0 aromatic heterocycles. The van der Waals surface area contributed by atoms with Crippen molar-refractivity contribution in [3.05, 3.63) is 34.6 Å². The molecule has 16 heavy (non-hydrogen) atoms. The molecule has 1 unspecified atom stereocenters. The number of hydrogen-bond donors (Lipinski definition) is 1. The summed E-state index contributed by atoms with van der Waals surface area (Å²) in [5.74, 6) is -0.407. The lowest BCUT2D eigenvalue weighted by molar-refractivity contribution is 0.304. The van der Waals surface area contributed by atoms with Crippen molar-refractivity contribution in [1.29, 1.82) is 0 Å². The second-order valence-corrected chi connectivity index (χ2v) is 4.62. The topological polar surface area (TPSA) is 29.3 Å². The van der Waals surface area contributed by atoms with E-state index in [-0.39, 0.29) is 11.1 Å². The molecule has 0 fully saturated rings. The van der Waals surface area contributed by atoms with Crippen LogP contribution < -0.4 is 5.73 Å². The van der Waals surface area contributed by atoms with E-state index in [4.69, 9.17) is 29.6 Å². The number of benzene rings is 1. The van der Waals surface area contributed by atoms with Crippen molar-refractivity contribution in [3.63, 3.8) is 0 Å². The van der Waals surface area contributed by atoms with E-state index in [1.165, 1.54) is 6.07 Å². The van der Waals surface area contributed by atoms with E-state index >= 15 is 0 Å². The summed E-state index contributed by atoms with van der Waals surface area (Å²) in [5.41, 5.74) is 6.38. The van der Waals surface area contributed by atoms with Crippen LogP contribution in [0.3, 0.4) is 0 Å². The molecule has 1 atom stereocenters. The minimum absolute atomic E-state index is 0.0197. The molecule has 1 aromatic carbocycles. The van der Waals surface area contributed by atoms with Gasteiger partial charge in [0, 0.05) is 6.54 Å². The molecular formula is C11H14ClFN2S. The number of nitrogens with zero attached hydrogens (tertiary/aromatic N) is 1. The standard InChI is InChI=1S/C11H14ClFN2S/c1-7(11(14)16)15(2)6-8-3-4-9(12)10(13)5-8/h3-5,7H,6H2,1-2H3,(H2,14,16). The summed E-state index contributed by atoms with van der Waals surface area (Å²) in [6, 6.07) is 4.74. The van der Waals surface area contributed by atoms with E-state index in [2.05, 4.69) is 0 Å². The highest BCUT2D eigenvalue weighted by Crippen LogP contribution is 2.16. The zero-order valence-corrected chi connectivity index (χ0v) is 10.8. The summed E-state index contributed by atoms with van der Waals surface area (Å²) in [6.45, 7) is 2.49. The van der Waals surface area contributed by atoms with Gasteiger partial charge in [0.2, 0.25) is 0 Å². The fourth-order valence-electron chi connectivity index (χ4n) is 1.28. The molecule has 5 heteroatoms. The number of thiocarbonyl (C=S) groups is 1. The van der Waals surface area contributed by atoms with Gasteiger partial charge in [0.25, 0.3) is 0 Å². The van der Waals surface area contributed by atoms with Crippen LogP contribution in [-0.4, -0.2) is 23.0 Å². The molecule has 2 nitrogen and oxygen atoms in total. The lowest BCUT2D eigenvalue weighted by Gasteiger charge is -2.23. The summed E-state index contributed by atoms with van der Waals surface area (Å²) in [4.78, 5) is 2.38. The van der Waals surface area contributed by atoms with Crippen LogP contribution in [0.4, 0.5) is 4.39 Å². The average molecular weight is 261 g/mol. The third kappa shape index (κ3) is 3.40. The van der Waals surface area contributed by atoms with Crippen molar-refractivity contribution < 1.29 is 4.39 Å². The third-order valence-electron chi connectivity index (χ3n) is 2.49. The Labute approximate surface area is 105 Å². The third-order valence-corrected chi connectivity index (χ3v) is 3.14. The fourth-order valence-corrected chi connectivity index (χ4v) is 1.58. The van der Waals surface area contributed by atoms with Crippen molar-refractivity contribution in [1.82, 2.24) is 4.90 Å². The van der Waals surface area contributed by atoms with Crippen LogP contribution >= 0.6 is 23.8 Å². The van der Waals surface area contributed by atoms with E-state index in [0.29, 0.717) is 11.5 Å². The Balaban J connectivity index is 2.73. The molecule has 0 aliphatic heterocycles. The van der Waals surface area contributed by atoms with E-state index in [9.17, 15) is 4.39 Å². The molecule has 1 rings (SSSR count). The second kappa shape index (κ2) is 5.57.